The van der Waals surface area contributed by atoms with Gasteiger partial charge in [0.1, 0.15) is 17.1 Å². The molecule has 2 aromatic rings. The van der Waals surface area contributed by atoms with Crippen molar-refractivity contribution in [2.24, 2.45) is 5.92 Å². The van der Waals surface area contributed by atoms with Crippen molar-refractivity contribution in [2.45, 2.75) is 52.0 Å². The van der Waals surface area contributed by atoms with E-state index in [1.807, 2.05) is 31.2 Å². The molecule has 0 saturated carbocycles. The van der Waals surface area contributed by atoms with Gasteiger partial charge in [0, 0.05) is 18.3 Å². The molecule has 2 atom stereocenters. The maximum atomic E-state index is 14.4. The fourth-order valence-electron chi connectivity index (χ4n) is 4.10. The van der Waals surface area contributed by atoms with Gasteiger partial charge in [-0.05, 0) is 55.0 Å². The predicted octanol–water partition coefficient (Wildman–Crippen LogP) is 5.01. The van der Waals surface area contributed by atoms with Crippen LogP contribution in [0, 0.1) is 11.7 Å². The van der Waals surface area contributed by atoms with Gasteiger partial charge >= 0.3 is 0 Å². The first kappa shape index (κ1) is 22.8. The van der Waals surface area contributed by atoms with Gasteiger partial charge in [-0.15, -0.1) is 0 Å². The van der Waals surface area contributed by atoms with Crippen LogP contribution in [0.5, 0.6) is 5.75 Å². The van der Waals surface area contributed by atoms with Crippen molar-refractivity contribution in [3.8, 4) is 5.75 Å². The van der Waals surface area contributed by atoms with Crippen molar-refractivity contribution in [2.75, 3.05) is 19.0 Å². The summed E-state index contributed by atoms with van der Waals surface area (Å²) in [6.07, 6.45) is 1.34. The van der Waals surface area contributed by atoms with Gasteiger partial charge in [0.15, 0.2) is 0 Å². The highest BCUT2D eigenvalue weighted by Gasteiger charge is 2.37. The smallest absolute Gasteiger partial charge is 0.260 e. The number of amides is 2. The number of carbonyl (C=O) groups is 2. The Balaban J connectivity index is 1.79. The van der Waals surface area contributed by atoms with Crippen molar-refractivity contribution in [1.82, 2.24) is 4.90 Å². The number of hydrogen-bond donors (Lipinski definition) is 1. The number of halogens is 1. The molecule has 2 aromatic carbocycles. The Labute approximate surface area is 183 Å². The second-order valence-electron chi connectivity index (χ2n) is 9.13. The summed E-state index contributed by atoms with van der Waals surface area (Å²) in [5.74, 6) is -1.38. The molecule has 1 aliphatic heterocycles. The van der Waals surface area contributed by atoms with E-state index in [1.54, 1.807) is 11.0 Å². The minimum absolute atomic E-state index is 0.0269. The molecule has 1 unspecified atom stereocenters. The number of ether oxygens (including phenoxy) is 1. The molecule has 1 saturated heterocycles. The van der Waals surface area contributed by atoms with Crippen molar-refractivity contribution in [1.29, 1.82) is 0 Å². The number of piperidine rings is 1. The minimum Gasteiger partial charge on any atom is -0.496 e. The molecule has 0 bridgehead atoms. The Bertz CT molecular complexity index is 967. The maximum Gasteiger partial charge on any atom is 0.260 e. The Kier molecular flexibility index (Phi) is 6.68. The zero-order valence-corrected chi connectivity index (χ0v) is 18.9. The number of nitrogens with one attached hydrogen (secondary N) is 1. The van der Waals surface area contributed by atoms with Gasteiger partial charge in [-0.25, -0.2) is 4.39 Å². The molecule has 6 heteroatoms. The quantitative estimate of drug-likeness (QED) is 0.748. The number of nitrogens with zero attached hydrogens (tertiary/aromatic N) is 1. The molecule has 1 aliphatic rings. The summed E-state index contributed by atoms with van der Waals surface area (Å²) in [5, 5.41) is 3.01. The summed E-state index contributed by atoms with van der Waals surface area (Å²) in [5.41, 5.74) is 1.76. The standard InChI is InChI=1S/C25H31FN2O3/c1-16-19(23(29)27-18-10-6-9-17(15-18)25(2,3)4)11-8-14-28(16)24(30)22-20(26)12-7-13-21(22)31-5/h6-7,9-10,12-13,15-16,19H,8,11,14H2,1-5H3,(H,27,29)/t16-,19?/m0/s1. The van der Waals surface area contributed by atoms with Gasteiger partial charge in [0.2, 0.25) is 5.91 Å². The Morgan fingerprint density at radius 3 is 2.55 bits per heavy atom. The summed E-state index contributed by atoms with van der Waals surface area (Å²) >= 11 is 0. The van der Waals surface area contributed by atoms with Crippen LogP contribution >= 0.6 is 0 Å². The summed E-state index contributed by atoms with van der Waals surface area (Å²) in [6, 6.07) is 11.8. The van der Waals surface area contributed by atoms with E-state index in [4.69, 9.17) is 4.74 Å². The summed E-state index contributed by atoms with van der Waals surface area (Å²) < 4.78 is 19.6. The second-order valence-corrected chi connectivity index (χ2v) is 9.13. The van der Waals surface area contributed by atoms with Gasteiger partial charge < -0.3 is 15.0 Å². The molecule has 0 aliphatic carbocycles. The zero-order valence-electron chi connectivity index (χ0n) is 18.9. The number of anilines is 1. The summed E-state index contributed by atoms with van der Waals surface area (Å²) in [4.78, 5) is 27.8. The zero-order chi connectivity index (χ0) is 22.8. The third-order valence-electron chi connectivity index (χ3n) is 5.99. The predicted molar refractivity (Wildman–Crippen MR) is 120 cm³/mol. The maximum absolute atomic E-state index is 14.4. The minimum atomic E-state index is -0.623. The van der Waals surface area contributed by atoms with Gasteiger partial charge in [-0.2, -0.15) is 0 Å². The SMILES string of the molecule is COc1cccc(F)c1C(=O)N1CCCC(C(=O)Nc2cccc(C(C)(C)C)c2)[C@@H]1C. The fraction of sp³-hybridized carbons (Fsp3) is 0.440. The van der Waals surface area contributed by atoms with Gasteiger partial charge in [-0.1, -0.05) is 39.0 Å². The number of rotatable bonds is 4. The molecule has 2 amide bonds. The first-order valence-electron chi connectivity index (χ1n) is 10.7. The van der Waals surface area contributed by atoms with E-state index in [1.165, 1.54) is 19.2 Å². The molecule has 0 aromatic heterocycles. The van der Waals surface area contributed by atoms with Crippen LogP contribution in [0.25, 0.3) is 0 Å². The molecule has 1 heterocycles. The number of benzene rings is 2. The lowest BCUT2D eigenvalue weighted by Crippen LogP contribution is -2.50. The lowest BCUT2D eigenvalue weighted by Gasteiger charge is -2.39. The monoisotopic (exact) mass is 426 g/mol. The van der Waals surface area contributed by atoms with Crippen LogP contribution in [0.2, 0.25) is 0 Å². The van der Waals surface area contributed by atoms with Crippen LogP contribution < -0.4 is 10.1 Å². The number of methoxy groups -OCH3 is 1. The average Bonchev–Trinajstić information content (AvgIpc) is 2.72. The molecule has 31 heavy (non-hydrogen) atoms. The van der Waals surface area contributed by atoms with Gasteiger partial charge in [0.25, 0.3) is 5.91 Å². The molecule has 0 radical (unpaired) electrons. The van der Waals surface area contributed by atoms with Crippen LogP contribution in [0.3, 0.4) is 0 Å². The van der Waals surface area contributed by atoms with Crippen LogP contribution in [0.15, 0.2) is 42.5 Å². The molecule has 3 rings (SSSR count). The van der Waals surface area contributed by atoms with E-state index >= 15 is 0 Å². The normalized spacial score (nSPS) is 19.1. The molecule has 166 valence electrons. The Morgan fingerprint density at radius 2 is 1.87 bits per heavy atom. The van der Waals surface area contributed by atoms with E-state index in [0.717, 1.165) is 11.3 Å². The van der Waals surface area contributed by atoms with Crippen molar-refractivity contribution in [3.63, 3.8) is 0 Å². The third-order valence-corrected chi connectivity index (χ3v) is 5.99. The lowest BCUT2D eigenvalue weighted by molar-refractivity contribution is -0.122. The average molecular weight is 427 g/mol. The highest BCUT2D eigenvalue weighted by atomic mass is 19.1. The van der Waals surface area contributed by atoms with E-state index in [-0.39, 0.29) is 34.6 Å². The van der Waals surface area contributed by atoms with Crippen molar-refractivity contribution < 1.29 is 18.7 Å². The topological polar surface area (TPSA) is 58.6 Å². The Morgan fingerprint density at radius 1 is 1.16 bits per heavy atom. The number of likely N-dealkylation sites (tertiary alicyclic amines) is 1. The van der Waals surface area contributed by atoms with Crippen LogP contribution in [-0.4, -0.2) is 36.4 Å². The largest absolute Gasteiger partial charge is 0.496 e. The summed E-state index contributed by atoms with van der Waals surface area (Å²) in [6.45, 7) is 8.69. The summed E-state index contributed by atoms with van der Waals surface area (Å²) in [7, 11) is 1.41. The van der Waals surface area contributed by atoms with Gasteiger partial charge in [-0.3, -0.25) is 9.59 Å². The third kappa shape index (κ3) is 4.89. The van der Waals surface area contributed by atoms with E-state index in [0.29, 0.717) is 19.4 Å². The van der Waals surface area contributed by atoms with Crippen LogP contribution in [-0.2, 0) is 10.2 Å². The highest BCUT2D eigenvalue weighted by Crippen LogP contribution is 2.31. The molecule has 0 spiro atoms. The fourth-order valence-corrected chi connectivity index (χ4v) is 4.10. The first-order valence-corrected chi connectivity index (χ1v) is 10.7. The number of hydrogen-bond acceptors (Lipinski definition) is 3. The van der Waals surface area contributed by atoms with Crippen molar-refractivity contribution in [3.05, 3.63) is 59.4 Å². The molecular weight excluding hydrogens is 395 g/mol. The van der Waals surface area contributed by atoms with Crippen molar-refractivity contribution >= 4 is 17.5 Å². The number of carbonyl (C=O) groups excluding carboxylic acids is 2. The highest BCUT2D eigenvalue weighted by molar-refractivity contribution is 5.99. The van der Waals surface area contributed by atoms with E-state index in [9.17, 15) is 14.0 Å². The van der Waals surface area contributed by atoms with E-state index in [2.05, 4.69) is 26.1 Å². The first-order chi connectivity index (χ1) is 14.6. The Hall–Kier alpha value is -2.89. The molecule has 1 N–H and O–H groups in total. The van der Waals surface area contributed by atoms with E-state index < -0.39 is 11.7 Å². The molecule has 1 fully saturated rings. The second kappa shape index (κ2) is 9.08. The van der Waals surface area contributed by atoms with Crippen LogP contribution in [0.4, 0.5) is 10.1 Å². The molecule has 5 nitrogen and oxygen atoms in total. The molecular formula is C25H31FN2O3. The van der Waals surface area contributed by atoms with Crippen LogP contribution in [0.1, 0.15) is 56.5 Å². The van der Waals surface area contributed by atoms with Gasteiger partial charge in [0.05, 0.1) is 13.0 Å². The lowest BCUT2D eigenvalue weighted by atomic mass is 9.86.